The van der Waals surface area contributed by atoms with Crippen LogP contribution in [-0.2, 0) is 9.53 Å². The fourth-order valence-corrected chi connectivity index (χ4v) is 3.14. The first-order chi connectivity index (χ1) is 9.28. The summed E-state index contributed by atoms with van der Waals surface area (Å²) < 4.78 is 5.31. The van der Waals surface area contributed by atoms with Crippen molar-refractivity contribution in [2.75, 3.05) is 13.2 Å². The Bertz CT molecular complexity index is 324. The van der Waals surface area contributed by atoms with E-state index < -0.39 is 0 Å². The topological polar surface area (TPSA) is 62.1 Å². The third-order valence-electron chi connectivity index (χ3n) is 4.41. The number of ether oxygens (including phenoxy) is 1. The van der Waals surface area contributed by atoms with Gasteiger partial charge in [0.2, 0.25) is 5.91 Å². The van der Waals surface area contributed by atoms with Crippen LogP contribution in [0.3, 0.4) is 0 Å². The van der Waals surface area contributed by atoms with Gasteiger partial charge in [-0.25, -0.2) is 0 Å². The van der Waals surface area contributed by atoms with Crippen molar-refractivity contribution >= 4 is 5.91 Å². The van der Waals surface area contributed by atoms with Crippen LogP contribution in [0.15, 0.2) is 0 Å². The molecule has 1 amide bonds. The van der Waals surface area contributed by atoms with Gasteiger partial charge >= 0.3 is 0 Å². The van der Waals surface area contributed by atoms with Crippen molar-refractivity contribution in [3.8, 4) is 6.07 Å². The van der Waals surface area contributed by atoms with Crippen molar-refractivity contribution in [1.82, 2.24) is 5.32 Å². The second-order valence-electron chi connectivity index (χ2n) is 5.91. The van der Waals surface area contributed by atoms with E-state index in [0.29, 0.717) is 30.7 Å². The molecular formula is C15H24N2O2. The largest absolute Gasteiger partial charge is 0.381 e. The minimum atomic E-state index is 0.204. The monoisotopic (exact) mass is 264 g/mol. The molecule has 2 aliphatic rings. The standard InChI is InChI=1S/C15H24N2O2/c16-8-5-12-1-3-14(4-2-12)17-15(18)11-13-6-9-19-10-7-13/h12-14H,1-7,9-11H2,(H,17,18). The first-order valence-electron chi connectivity index (χ1n) is 7.52. The van der Waals surface area contributed by atoms with Gasteiger partial charge in [0.25, 0.3) is 0 Å². The maximum absolute atomic E-state index is 12.0. The van der Waals surface area contributed by atoms with Crippen LogP contribution in [0, 0.1) is 23.2 Å². The predicted octanol–water partition coefficient (Wildman–Crippen LogP) is 2.39. The lowest BCUT2D eigenvalue weighted by atomic mass is 9.84. The molecule has 1 aliphatic carbocycles. The summed E-state index contributed by atoms with van der Waals surface area (Å²) in [5, 5.41) is 11.8. The summed E-state index contributed by atoms with van der Waals surface area (Å²) in [5.41, 5.74) is 0. The Morgan fingerprint density at radius 1 is 1.11 bits per heavy atom. The zero-order chi connectivity index (χ0) is 13.5. The Balaban J connectivity index is 1.64. The predicted molar refractivity (Wildman–Crippen MR) is 72.3 cm³/mol. The van der Waals surface area contributed by atoms with E-state index in [2.05, 4.69) is 11.4 Å². The number of hydrogen-bond donors (Lipinski definition) is 1. The van der Waals surface area contributed by atoms with Gasteiger partial charge in [-0.15, -0.1) is 0 Å². The van der Waals surface area contributed by atoms with Crippen molar-refractivity contribution in [3.63, 3.8) is 0 Å². The molecule has 2 fully saturated rings. The van der Waals surface area contributed by atoms with E-state index in [9.17, 15) is 4.79 Å². The highest BCUT2D eigenvalue weighted by atomic mass is 16.5. The van der Waals surface area contributed by atoms with Crippen LogP contribution in [0.2, 0.25) is 0 Å². The normalized spacial score (nSPS) is 28.6. The molecule has 106 valence electrons. The molecule has 1 saturated heterocycles. The van der Waals surface area contributed by atoms with Gasteiger partial charge in [0.05, 0.1) is 6.07 Å². The zero-order valence-corrected chi connectivity index (χ0v) is 11.6. The Morgan fingerprint density at radius 3 is 2.42 bits per heavy atom. The first kappa shape index (κ1) is 14.3. The van der Waals surface area contributed by atoms with Gasteiger partial charge in [-0.3, -0.25) is 4.79 Å². The molecule has 0 spiro atoms. The van der Waals surface area contributed by atoms with Crippen molar-refractivity contribution in [3.05, 3.63) is 0 Å². The summed E-state index contributed by atoms with van der Waals surface area (Å²) in [7, 11) is 0. The average molecular weight is 264 g/mol. The Labute approximate surface area is 115 Å². The van der Waals surface area contributed by atoms with Gasteiger partial charge in [0.1, 0.15) is 0 Å². The van der Waals surface area contributed by atoms with Crippen LogP contribution in [0.5, 0.6) is 0 Å². The summed E-state index contributed by atoms with van der Waals surface area (Å²) in [4.78, 5) is 12.0. The highest BCUT2D eigenvalue weighted by Crippen LogP contribution is 2.27. The summed E-state index contributed by atoms with van der Waals surface area (Å²) in [6.07, 6.45) is 7.58. The molecule has 4 nitrogen and oxygen atoms in total. The lowest BCUT2D eigenvalue weighted by Gasteiger charge is -2.29. The van der Waals surface area contributed by atoms with Crippen LogP contribution in [0.25, 0.3) is 0 Å². The van der Waals surface area contributed by atoms with Gasteiger partial charge in [0, 0.05) is 32.1 Å². The van der Waals surface area contributed by atoms with E-state index in [1.165, 1.54) is 0 Å². The van der Waals surface area contributed by atoms with E-state index in [4.69, 9.17) is 10.00 Å². The molecular weight excluding hydrogens is 240 g/mol. The van der Waals surface area contributed by atoms with Gasteiger partial charge in [-0.05, 0) is 50.4 Å². The Hall–Kier alpha value is -1.08. The molecule has 19 heavy (non-hydrogen) atoms. The second kappa shape index (κ2) is 7.49. The summed E-state index contributed by atoms with van der Waals surface area (Å²) in [6, 6.07) is 2.58. The van der Waals surface area contributed by atoms with Crippen molar-refractivity contribution in [1.29, 1.82) is 5.26 Å². The van der Waals surface area contributed by atoms with Crippen molar-refractivity contribution in [2.24, 2.45) is 11.8 Å². The molecule has 2 rings (SSSR count). The average Bonchev–Trinajstić information content (AvgIpc) is 2.42. The lowest BCUT2D eigenvalue weighted by Crippen LogP contribution is -2.38. The van der Waals surface area contributed by atoms with Crippen LogP contribution in [0.1, 0.15) is 51.4 Å². The number of amides is 1. The molecule has 1 saturated carbocycles. The van der Waals surface area contributed by atoms with E-state index in [1.54, 1.807) is 0 Å². The number of nitrogens with zero attached hydrogens (tertiary/aromatic N) is 1. The Morgan fingerprint density at radius 2 is 1.79 bits per heavy atom. The lowest BCUT2D eigenvalue weighted by molar-refractivity contribution is -0.123. The molecule has 1 N–H and O–H groups in total. The third kappa shape index (κ3) is 4.83. The van der Waals surface area contributed by atoms with Crippen molar-refractivity contribution < 1.29 is 9.53 Å². The maximum Gasteiger partial charge on any atom is 0.220 e. The fraction of sp³-hybridized carbons (Fsp3) is 0.867. The molecule has 0 aromatic heterocycles. The second-order valence-corrected chi connectivity index (χ2v) is 5.91. The van der Waals surface area contributed by atoms with Crippen LogP contribution >= 0.6 is 0 Å². The van der Waals surface area contributed by atoms with E-state index in [1.807, 2.05) is 0 Å². The molecule has 0 aromatic rings. The number of nitrogens with one attached hydrogen (secondary N) is 1. The zero-order valence-electron chi connectivity index (χ0n) is 11.6. The van der Waals surface area contributed by atoms with E-state index in [0.717, 1.165) is 51.7 Å². The minimum absolute atomic E-state index is 0.204. The molecule has 1 heterocycles. The number of hydrogen-bond acceptors (Lipinski definition) is 3. The molecule has 0 radical (unpaired) electrons. The van der Waals surface area contributed by atoms with Gasteiger partial charge in [-0.2, -0.15) is 5.26 Å². The number of nitriles is 1. The van der Waals surface area contributed by atoms with Crippen LogP contribution in [0.4, 0.5) is 0 Å². The maximum atomic E-state index is 12.0. The molecule has 4 heteroatoms. The fourth-order valence-electron chi connectivity index (χ4n) is 3.14. The third-order valence-corrected chi connectivity index (χ3v) is 4.41. The van der Waals surface area contributed by atoms with Gasteiger partial charge in [-0.1, -0.05) is 0 Å². The van der Waals surface area contributed by atoms with Crippen LogP contribution in [-0.4, -0.2) is 25.2 Å². The highest BCUT2D eigenvalue weighted by molar-refractivity contribution is 5.76. The first-order valence-corrected chi connectivity index (χ1v) is 7.52. The molecule has 0 atom stereocenters. The molecule has 0 unspecified atom stereocenters. The molecule has 1 aliphatic heterocycles. The number of rotatable bonds is 4. The quantitative estimate of drug-likeness (QED) is 0.848. The number of carbonyl (C=O) groups is 1. The highest BCUT2D eigenvalue weighted by Gasteiger charge is 2.23. The van der Waals surface area contributed by atoms with Crippen molar-refractivity contribution in [2.45, 2.75) is 57.4 Å². The minimum Gasteiger partial charge on any atom is -0.381 e. The van der Waals surface area contributed by atoms with Gasteiger partial charge < -0.3 is 10.1 Å². The van der Waals surface area contributed by atoms with E-state index in [-0.39, 0.29) is 5.91 Å². The molecule has 0 bridgehead atoms. The summed E-state index contributed by atoms with van der Waals surface area (Å²) >= 11 is 0. The summed E-state index contributed by atoms with van der Waals surface area (Å²) in [5.74, 6) is 1.26. The van der Waals surface area contributed by atoms with E-state index >= 15 is 0 Å². The van der Waals surface area contributed by atoms with Gasteiger partial charge in [0.15, 0.2) is 0 Å². The van der Waals surface area contributed by atoms with Crippen LogP contribution < -0.4 is 5.32 Å². The Kier molecular flexibility index (Phi) is 5.65. The number of carbonyl (C=O) groups excluding carboxylic acids is 1. The smallest absolute Gasteiger partial charge is 0.220 e. The summed E-state index contributed by atoms with van der Waals surface area (Å²) in [6.45, 7) is 1.61. The SMILES string of the molecule is N#CCC1CCC(NC(=O)CC2CCOCC2)CC1. The molecule has 0 aromatic carbocycles.